The van der Waals surface area contributed by atoms with Crippen LogP contribution in [0, 0.1) is 5.92 Å². The molecule has 0 radical (unpaired) electrons. The Morgan fingerprint density at radius 3 is 2.67 bits per heavy atom. The molecule has 0 aromatic rings. The minimum absolute atomic E-state index is 0.0241. The second kappa shape index (κ2) is 7.25. The molecule has 2 fully saturated rings. The second-order valence-corrected chi connectivity index (χ2v) is 6.40. The largest absolute Gasteiger partial charge is 0.375 e. The molecule has 0 saturated carbocycles. The number of nitrogens with zero attached hydrogens (tertiary/aromatic N) is 1. The zero-order valence-corrected chi connectivity index (χ0v) is 13.3. The summed E-state index contributed by atoms with van der Waals surface area (Å²) in [6, 6.07) is 0. The van der Waals surface area contributed by atoms with Gasteiger partial charge in [0.1, 0.15) is 0 Å². The molecular formula is C16H28N2O3. The van der Waals surface area contributed by atoms with Gasteiger partial charge in [-0.3, -0.25) is 9.59 Å². The van der Waals surface area contributed by atoms with Crippen LogP contribution in [-0.2, 0) is 14.3 Å². The summed E-state index contributed by atoms with van der Waals surface area (Å²) in [7, 11) is 0. The maximum Gasteiger partial charge on any atom is 0.222 e. The monoisotopic (exact) mass is 296 g/mol. The minimum Gasteiger partial charge on any atom is -0.375 e. The van der Waals surface area contributed by atoms with E-state index in [9.17, 15) is 9.59 Å². The standard InChI is InChI=1S/C16H28N2O3/c1-3-15(20)18-9-6-16(7-10-18)12-14(5-11-21-16)4-8-17-13(2)19/h14H,3-12H2,1-2H3,(H,17,19). The number of piperidine rings is 1. The molecule has 1 spiro atoms. The molecule has 1 atom stereocenters. The molecule has 0 aliphatic carbocycles. The minimum atomic E-state index is -0.0241. The Morgan fingerprint density at radius 1 is 1.33 bits per heavy atom. The zero-order chi connectivity index (χ0) is 15.3. The predicted molar refractivity (Wildman–Crippen MR) is 80.8 cm³/mol. The molecule has 5 nitrogen and oxygen atoms in total. The first-order chi connectivity index (χ1) is 10.0. The van der Waals surface area contributed by atoms with Gasteiger partial charge in [0.2, 0.25) is 11.8 Å². The first kappa shape index (κ1) is 16.3. The van der Waals surface area contributed by atoms with Crippen molar-refractivity contribution >= 4 is 11.8 Å². The average Bonchev–Trinajstić information content (AvgIpc) is 2.47. The van der Waals surface area contributed by atoms with Gasteiger partial charge >= 0.3 is 0 Å². The number of nitrogens with one attached hydrogen (secondary N) is 1. The van der Waals surface area contributed by atoms with Crippen molar-refractivity contribution in [2.24, 2.45) is 5.92 Å². The molecule has 0 aromatic heterocycles. The van der Waals surface area contributed by atoms with Gasteiger partial charge in [0.15, 0.2) is 0 Å². The third-order valence-corrected chi connectivity index (χ3v) is 4.85. The van der Waals surface area contributed by atoms with E-state index in [4.69, 9.17) is 4.74 Å². The lowest BCUT2D eigenvalue weighted by Gasteiger charge is -2.46. The highest BCUT2D eigenvalue weighted by atomic mass is 16.5. The van der Waals surface area contributed by atoms with Crippen LogP contribution >= 0.6 is 0 Å². The lowest BCUT2D eigenvalue weighted by molar-refractivity contribution is -0.147. The highest BCUT2D eigenvalue weighted by Crippen LogP contribution is 2.38. The Morgan fingerprint density at radius 2 is 2.05 bits per heavy atom. The molecule has 1 N–H and O–H groups in total. The molecule has 0 aromatic carbocycles. The molecule has 1 unspecified atom stereocenters. The molecule has 2 rings (SSSR count). The van der Waals surface area contributed by atoms with E-state index in [1.165, 1.54) is 0 Å². The summed E-state index contributed by atoms with van der Waals surface area (Å²) < 4.78 is 6.10. The lowest BCUT2D eigenvalue weighted by atomic mass is 9.78. The molecule has 0 bridgehead atoms. The van der Waals surface area contributed by atoms with Crippen LogP contribution in [0.2, 0.25) is 0 Å². The van der Waals surface area contributed by atoms with E-state index < -0.39 is 0 Å². The van der Waals surface area contributed by atoms with Crippen LogP contribution in [0.4, 0.5) is 0 Å². The summed E-state index contributed by atoms with van der Waals surface area (Å²) in [4.78, 5) is 24.7. The molecular weight excluding hydrogens is 268 g/mol. The van der Waals surface area contributed by atoms with Gasteiger partial charge in [0, 0.05) is 39.6 Å². The van der Waals surface area contributed by atoms with Crippen molar-refractivity contribution in [3.8, 4) is 0 Å². The van der Waals surface area contributed by atoms with Crippen molar-refractivity contribution in [1.29, 1.82) is 0 Å². The Labute approximate surface area is 127 Å². The second-order valence-electron chi connectivity index (χ2n) is 6.40. The average molecular weight is 296 g/mol. The summed E-state index contributed by atoms with van der Waals surface area (Å²) in [5, 5.41) is 2.88. The van der Waals surface area contributed by atoms with Gasteiger partial charge in [0.05, 0.1) is 5.60 Å². The van der Waals surface area contributed by atoms with E-state index in [0.717, 1.165) is 58.3 Å². The van der Waals surface area contributed by atoms with Gasteiger partial charge in [-0.05, 0) is 38.0 Å². The van der Waals surface area contributed by atoms with Crippen LogP contribution in [-0.4, -0.2) is 48.6 Å². The number of carbonyl (C=O) groups is 2. The van der Waals surface area contributed by atoms with E-state index in [0.29, 0.717) is 12.3 Å². The normalized spacial score (nSPS) is 24.9. The van der Waals surface area contributed by atoms with E-state index in [2.05, 4.69) is 5.32 Å². The summed E-state index contributed by atoms with van der Waals surface area (Å²) in [6.45, 7) is 6.70. The van der Waals surface area contributed by atoms with Gasteiger partial charge in [-0.15, -0.1) is 0 Å². The summed E-state index contributed by atoms with van der Waals surface area (Å²) in [5.74, 6) is 0.921. The Balaban J connectivity index is 1.81. The fraction of sp³-hybridized carbons (Fsp3) is 0.875. The number of hydrogen-bond donors (Lipinski definition) is 1. The van der Waals surface area contributed by atoms with Gasteiger partial charge in [-0.1, -0.05) is 6.92 Å². The van der Waals surface area contributed by atoms with Crippen molar-refractivity contribution in [2.45, 2.75) is 58.0 Å². The highest BCUT2D eigenvalue weighted by Gasteiger charge is 2.40. The van der Waals surface area contributed by atoms with E-state index in [1.807, 2.05) is 11.8 Å². The smallest absolute Gasteiger partial charge is 0.222 e. The molecule has 2 heterocycles. The van der Waals surface area contributed by atoms with Crippen LogP contribution in [0.15, 0.2) is 0 Å². The molecule has 21 heavy (non-hydrogen) atoms. The first-order valence-electron chi connectivity index (χ1n) is 8.21. The maximum atomic E-state index is 11.8. The van der Waals surface area contributed by atoms with Crippen LogP contribution in [0.3, 0.4) is 0 Å². The summed E-state index contributed by atoms with van der Waals surface area (Å²) in [6.07, 6.45) is 5.68. The van der Waals surface area contributed by atoms with Crippen molar-refractivity contribution in [2.75, 3.05) is 26.2 Å². The maximum absolute atomic E-state index is 11.8. The number of hydrogen-bond acceptors (Lipinski definition) is 3. The van der Waals surface area contributed by atoms with Crippen LogP contribution in [0.25, 0.3) is 0 Å². The molecule has 2 saturated heterocycles. The van der Waals surface area contributed by atoms with E-state index in [1.54, 1.807) is 6.92 Å². The van der Waals surface area contributed by atoms with Crippen molar-refractivity contribution in [1.82, 2.24) is 10.2 Å². The van der Waals surface area contributed by atoms with E-state index >= 15 is 0 Å². The van der Waals surface area contributed by atoms with Gasteiger partial charge < -0.3 is 15.0 Å². The quantitative estimate of drug-likeness (QED) is 0.859. The molecule has 5 heteroatoms. The third kappa shape index (κ3) is 4.43. The third-order valence-electron chi connectivity index (χ3n) is 4.85. The number of amides is 2. The van der Waals surface area contributed by atoms with Crippen molar-refractivity contribution in [3.05, 3.63) is 0 Å². The number of rotatable bonds is 4. The fourth-order valence-electron chi connectivity index (χ4n) is 3.56. The fourth-order valence-corrected chi connectivity index (χ4v) is 3.56. The number of ether oxygens (including phenoxy) is 1. The van der Waals surface area contributed by atoms with Gasteiger partial charge in [-0.25, -0.2) is 0 Å². The first-order valence-corrected chi connectivity index (χ1v) is 8.21. The zero-order valence-electron chi connectivity index (χ0n) is 13.3. The van der Waals surface area contributed by atoms with Crippen LogP contribution in [0.1, 0.15) is 52.4 Å². The Bertz CT molecular complexity index is 376. The number of carbonyl (C=O) groups excluding carboxylic acids is 2. The molecule has 120 valence electrons. The van der Waals surface area contributed by atoms with Crippen molar-refractivity contribution < 1.29 is 14.3 Å². The van der Waals surface area contributed by atoms with Crippen molar-refractivity contribution in [3.63, 3.8) is 0 Å². The number of likely N-dealkylation sites (tertiary alicyclic amines) is 1. The molecule has 2 aliphatic heterocycles. The lowest BCUT2D eigenvalue weighted by Crippen LogP contribution is -2.50. The van der Waals surface area contributed by atoms with Crippen LogP contribution < -0.4 is 5.32 Å². The SMILES string of the molecule is CCC(=O)N1CCC2(CC1)CC(CCNC(C)=O)CCO2. The topological polar surface area (TPSA) is 58.6 Å². The summed E-state index contributed by atoms with van der Waals surface area (Å²) in [5.41, 5.74) is -0.0241. The Kier molecular flexibility index (Phi) is 5.62. The highest BCUT2D eigenvalue weighted by molar-refractivity contribution is 5.75. The molecule has 2 aliphatic rings. The van der Waals surface area contributed by atoms with Gasteiger partial charge in [0.25, 0.3) is 0 Å². The van der Waals surface area contributed by atoms with Gasteiger partial charge in [-0.2, -0.15) is 0 Å². The van der Waals surface area contributed by atoms with Crippen LogP contribution in [0.5, 0.6) is 0 Å². The predicted octanol–water partition coefficient (Wildman–Crippen LogP) is 1.71. The Hall–Kier alpha value is -1.10. The molecule has 2 amide bonds. The summed E-state index contributed by atoms with van der Waals surface area (Å²) >= 11 is 0. The van der Waals surface area contributed by atoms with E-state index in [-0.39, 0.29) is 17.4 Å².